The fourth-order valence-corrected chi connectivity index (χ4v) is 2.43. The van der Waals surface area contributed by atoms with Gasteiger partial charge in [0.2, 0.25) is 0 Å². The lowest BCUT2D eigenvalue weighted by molar-refractivity contribution is 0.0665. The van der Waals surface area contributed by atoms with Crippen LogP contribution in [0.25, 0.3) is 0 Å². The predicted octanol–water partition coefficient (Wildman–Crippen LogP) is 2.13. The van der Waals surface area contributed by atoms with Gasteiger partial charge in [-0.1, -0.05) is 19.3 Å². The van der Waals surface area contributed by atoms with Gasteiger partial charge in [0.25, 0.3) is 0 Å². The molecule has 1 heterocycles. The van der Waals surface area contributed by atoms with E-state index in [9.17, 15) is 5.11 Å². The van der Waals surface area contributed by atoms with Crippen molar-refractivity contribution in [1.82, 2.24) is 9.78 Å². The molecule has 3 nitrogen and oxygen atoms in total. The largest absolute Gasteiger partial charge is 0.391 e. The van der Waals surface area contributed by atoms with Crippen molar-refractivity contribution in [1.29, 1.82) is 0 Å². The quantitative estimate of drug-likeness (QED) is 0.826. The first-order valence-corrected chi connectivity index (χ1v) is 5.93. The van der Waals surface area contributed by atoms with Crippen molar-refractivity contribution in [2.75, 3.05) is 0 Å². The number of nitrogens with zero attached hydrogens (tertiary/aromatic N) is 2. The van der Waals surface area contributed by atoms with Gasteiger partial charge in [-0.05, 0) is 31.2 Å². The van der Waals surface area contributed by atoms with Crippen LogP contribution in [0.3, 0.4) is 0 Å². The Balaban J connectivity index is 1.88. The molecule has 1 fully saturated rings. The Kier molecular flexibility index (Phi) is 3.41. The number of aliphatic hydroxyl groups excluding tert-OH is 1. The first kappa shape index (κ1) is 10.7. The maximum Gasteiger partial charge on any atom is 0.0764 e. The summed E-state index contributed by atoms with van der Waals surface area (Å²) in [5.74, 6) is 0.489. The number of aromatic nitrogens is 2. The summed E-state index contributed by atoms with van der Waals surface area (Å²) >= 11 is 0. The molecule has 2 rings (SSSR count). The lowest BCUT2D eigenvalue weighted by Crippen LogP contribution is -2.27. The molecule has 0 amide bonds. The molecule has 1 atom stereocenters. The van der Waals surface area contributed by atoms with E-state index in [2.05, 4.69) is 5.10 Å². The molecule has 15 heavy (non-hydrogen) atoms. The maximum absolute atomic E-state index is 10.1. The van der Waals surface area contributed by atoms with Gasteiger partial charge < -0.3 is 5.11 Å². The molecule has 0 aromatic carbocycles. The van der Waals surface area contributed by atoms with Crippen LogP contribution in [-0.2, 0) is 6.54 Å². The Hall–Kier alpha value is -0.830. The van der Waals surface area contributed by atoms with Gasteiger partial charge in [0.05, 0.1) is 18.8 Å². The number of hydrogen-bond acceptors (Lipinski definition) is 2. The molecule has 3 heteroatoms. The van der Waals surface area contributed by atoms with E-state index >= 15 is 0 Å². The highest BCUT2D eigenvalue weighted by Crippen LogP contribution is 2.26. The minimum absolute atomic E-state index is 0.218. The van der Waals surface area contributed by atoms with Crippen LogP contribution >= 0.6 is 0 Å². The molecular formula is C12H20N2O. The van der Waals surface area contributed by atoms with Crippen LogP contribution in [0.1, 0.15) is 37.7 Å². The Morgan fingerprint density at radius 1 is 1.47 bits per heavy atom. The second kappa shape index (κ2) is 4.79. The molecule has 84 valence electrons. The van der Waals surface area contributed by atoms with Gasteiger partial charge in [-0.25, -0.2) is 0 Å². The van der Waals surface area contributed by atoms with Gasteiger partial charge in [-0.3, -0.25) is 4.68 Å². The van der Waals surface area contributed by atoms with E-state index in [4.69, 9.17) is 0 Å². The molecule has 1 aromatic rings. The maximum atomic E-state index is 10.1. The van der Waals surface area contributed by atoms with Crippen LogP contribution in [0.2, 0.25) is 0 Å². The van der Waals surface area contributed by atoms with Crippen LogP contribution < -0.4 is 0 Å². The summed E-state index contributed by atoms with van der Waals surface area (Å²) in [5, 5.41) is 14.3. The van der Waals surface area contributed by atoms with Crippen molar-refractivity contribution in [3.05, 3.63) is 18.0 Å². The molecule has 0 bridgehead atoms. The van der Waals surface area contributed by atoms with Crippen LogP contribution in [0.4, 0.5) is 0 Å². The second-order valence-corrected chi connectivity index (χ2v) is 4.71. The van der Waals surface area contributed by atoms with Crippen molar-refractivity contribution in [3.63, 3.8) is 0 Å². The summed E-state index contributed by atoms with van der Waals surface area (Å²) in [6.45, 7) is 2.68. The summed E-state index contributed by atoms with van der Waals surface area (Å²) in [6.07, 6.45) is 9.87. The molecule has 0 saturated heterocycles. The van der Waals surface area contributed by atoms with Gasteiger partial charge >= 0.3 is 0 Å². The van der Waals surface area contributed by atoms with Crippen molar-refractivity contribution >= 4 is 0 Å². The average molecular weight is 208 g/mol. The predicted molar refractivity (Wildman–Crippen MR) is 59.5 cm³/mol. The number of aryl methyl sites for hydroxylation is 1. The topological polar surface area (TPSA) is 38.0 Å². The van der Waals surface area contributed by atoms with Gasteiger partial charge in [0.15, 0.2) is 0 Å². The molecule has 1 aliphatic rings. The molecule has 0 radical (unpaired) electrons. The van der Waals surface area contributed by atoms with Crippen LogP contribution in [0.5, 0.6) is 0 Å². The first-order chi connectivity index (χ1) is 7.25. The minimum atomic E-state index is -0.218. The van der Waals surface area contributed by atoms with Gasteiger partial charge in [-0.2, -0.15) is 5.10 Å². The summed E-state index contributed by atoms with van der Waals surface area (Å²) in [5.41, 5.74) is 1.16. The summed E-state index contributed by atoms with van der Waals surface area (Å²) in [6, 6.07) is 0. The third kappa shape index (κ3) is 2.81. The zero-order valence-electron chi connectivity index (χ0n) is 9.39. The molecule has 1 N–H and O–H groups in total. The Morgan fingerprint density at radius 2 is 2.20 bits per heavy atom. The average Bonchev–Trinajstić information content (AvgIpc) is 2.65. The third-order valence-electron chi connectivity index (χ3n) is 3.33. The normalized spacial score (nSPS) is 20.4. The highest BCUT2D eigenvalue weighted by atomic mass is 16.3. The number of aliphatic hydroxyl groups is 1. The van der Waals surface area contributed by atoms with Crippen molar-refractivity contribution in [2.45, 2.75) is 51.7 Å². The zero-order valence-corrected chi connectivity index (χ0v) is 9.39. The van der Waals surface area contributed by atoms with E-state index in [0.29, 0.717) is 12.5 Å². The van der Waals surface area contributed by atoms with E-state index in [1.165, 1.54) is 32.1 Å². The van der Waals surface area contributed by atoms with Gasteiger partial charge in [0, 0.05) is 6.20 Å². The molecule has 1 aromatic heterocycles. The Labute approximate surface area is 91.1 Å². The van der Waals surface area contributed by atoms with Crippen molar-refractivity contribution < 1.29 is 5.11 Å². The van der Waals surface area contributed by atoms with E-state index in [-0.39, 0.29) is 6.10 Å². The van der Waals surface area contributed by atoms with Gasteiger partial charge in [0.1, 0.15) is 0 Å². The molecule has 1 aliphatic carbocycles. The third-order valence-corrected chi connectivity index (χ3v) is 3.33. The molecule has 1 unspecified atom stereocenters. The van der Waals surface area contributed by atoms with E-state index < -0.39 is 0 Å². The smallest absolute Gasteiger partial charge is 0.0764 e. The van der Waals surface area contributed by atoms with E-state index in [1.807, 2.05) is 24.0 Å². The summed E-state index contributed by atoms with van der Waals surface area (Å²) < 4.78 is 1.86. The fraction of sp³-hybridized carbons (Fsp3) is 0.750. The molecular weight excluding hydrogens is 188 g/mol. The number of hydrogen-bond donors (Lipinski definition) is 1. The Morgan fingerprint density at radius 3 is 2.80 bits per heavy atom. The monoisotopic (exact) mass is 208 g/mol. The highest BCUT2D eigenvalue weighted by molar-refractivity contribution is 4.99. The minimum Gasteiger partial charge on any atom is -0.391 e. The van der Waals surface area contributed by atoms with Crippen LogP contribution in [0, 0.1) is 12.8 Å². The van der Waals surface area contributed by atoms with E-state index in [0.717, 1.165) is 5.56 Å². The molecule has 0 aliphatic heterocycles. The SMILES string of the molecule is Cc1cnn(CC(O)C2CCCCC2)c1. The second-order valence-electron chi connectivity index (χ2n) is 4.71. The van der Waals surface area contributed by atoms with Gasteiger partial charge in [-0.15, -0.1) is 0 Å². The van der Waals surface area contributed by atoms with E-state index in [1.54, 1.807) is 0 Å². The summed E-state index contributed by atoms with van der Waals surface area (Å²) in [4.78, 5) is 0. The van der Waals surface area contributed by atoms with Crippen molar-refractivity contribution in [2.24, 2.45) is 5.92 Å². The van der Waals surface area contributed by atoms with Crippen molar-refractivity contribution in [3.8, 4) is 0 Å². The molecule has 0 spiro atoms. The lowest BCUT2D eigenvalue weighted by atomic mass is 9.85. The standard InChI is InChI=1S/C12H20N2O/c1-10-7-13-14(8-10)9-12(15)11-5-3-2-4-6-11/h7-8,11-12,15H,2-6,9H2,1H3. The van der Waals surface area contributed by atoms with Crippen LogP contribution in [-0.4, -0.2) is 21.0 Å². The van der Waals surface area contributed by atoms with Crippen LogP contribution in [0.15, 0.2) is 12.4 Å². The lowest BCUT2D eigenvalue weighted by Gasteiger charge is -2.26. The highest BCUT2D eigenvalue weighted by Gasteiger charge is 2.21. The first-order valence-electron chi connectivity index (χ1n) is 5.93. The zero-order chi connectivity index (χ0) is 10.7. The fourth-order valence-electron chi connectivity index (χ4n) is 2.43. The number of rotatable bonds is 3. The molecule has 1 saturated carbocycles. The Bertz CT molecular complexity index is 302. The summed E-state index contributed by atoms with van der Waals surface area (Å²) in [7, 11) is 0.